The molecule has 0 atom stereocenters. The second-order valence-electron chi connectivity index (χ2n) is 6.32. The lowest BCUT2D eigenvalue weighted by atomic mass is 10.2. The van der Waals surface area contributed by atoms with Crippen LogP contribution in [0.3, 0.4) is 0 Å². The van der Waals surface area contributed by atoms with Crippen LogP contribution in [0.25, 0.3) is 22.3 Å². The Bertz CT molecular complexity index is 1110. The van der Waals surface area contributed by atoms with Crippen LogP contribution in [0.15, 0.2) is 53.5 Å². The van der Waals surface area contributed by atoms with Gasteiger partial charge < -0.3 is 15.4 Å². The van der Waals surface area contributed by atoms with Crippen LogP contribution in [0.1, 0.15) is 0 Å². The summed E-state index contributed by atoms with van der Waals surface area (Å²) in [5.41, 5.74) is 2.58. The lowest BCUT2D eigenvalue weighted by Crippen LogP contribution is -2.30. The zero-order valence-electron chi connectivity index (χ0n) is 15.8. The maximum Gasteiger partial charge on any atom is 0.241 e. The highest BCUT2D eigenvalue weighted by Gasteiger charge is 2.11. The molecule has 148 valence electrons. The summed E-state index contributed by atoms with van der Waals surface area (Å²) < 4.78 is 6.50. The molecule has 1 amide bonds. The lowest BCUT2D eigenvalue weighted by molar-refractivity contribution is -0.122. The molecule has 4 rings (SSSR count). The van der Waals surface area contributed by atoms with E-state index in [4.69, 9.17) is 9.72 Å². The van der Waals surface area contributed by atoms with Gasteiger partial charge in [0.15, 0.2) is 5.82 Å². The van der Waals surface area contributed by atoms with E-state index in [9.17, 15) is 4.79 Å². The molecule has 2 N–H and O–H groups in total. The van der Waals surface area contributed by atoms with Crippen molar-refractivity contribution in [2.45, 2.75) is 6.54 Å². The predicted octanol–water partition coefficient (Wildman–Crippen LogP) is 3.06. The third kappa shape index (κ3) is 4.58. The number of thiophene rings is 1. The molecule has 0 saturated heterocycles. The van der Waals surface area contributed by atoms with E-state index in [1.807, 2.05) is 41.1 Å². The van der Waals surface area contributed by atoms with Gasteiger partial charge in [-0.2, -0.15) is 16.4 Å². The van der Waals surface area contributed by atoms with Gasteiger partial charge in [-0.05, 0) is 23.6 Å². The number of fused-ring (bicyclic) bond motifs is 1. The summed E-state index contributed by atoms with van der Waals surface area (Å²) in [6.45, 7) is 1.08. The van der Waals surface area contributed by atoms with Crippen molar-refractivity contribution in [2.24, 2.45) is 0 Å². The molecule has 0 aliphatic rings. The quantitative estimate of drug-likeness (QED) is 0.435. The molecule has 0 aliphatic carbocycles. The summed E-state index contributed by atoms with van der Waals surface area (Å²) in [5.74, 6) is 1.24. The number of hydrogen-bond acceptors (Lipinski definition) is 7. The van der Waals surface area contributed by atoms with Crippen molar-refractivity contribution in [1.82, 2.24) is 25.1 Å². The van der Waals surface area contributed by atoms with Crippen molar-refractivity contribution in [3.05, 3.63) is 53.5 Å². The first-order chi connectivity index (χ1) is 14.2. The summed E-state index contributed by atoms with van der Waals surface area (Å²) in [6, 6.07) is 9.85. The molecule has 0 aliphatic heterocycles. The first kappa shape index (κ1) is 19.0. The lowest BCUT2D eigenvalue weighted by Gasteiger charge is -2.09. The van der Waals surface area contributed by atoms with Crippen molar-refractivity contribution >= 4 is 39.7 Å². The van der Waals surface area contributed by atoms with E-state index in [1.54, 1.807) is 35.5 Å². The Morgan fingerprint density at radius 3 is 2.97 bits per heavy atom. The van der Waals surface area contributed by atoms with Crippen LogP contribution in [0.5, 0.6) is 0 Å². The predicted molar refractivity (Wildman–Crippen MR) is 113 cm³/mol. The normalized spacial score (nSPS) is 10.9. The van der Waals surface area contributed by atoms with Crippen LogP contribution in [0.2, 0.25) is 0 Å². The first-order valence-electron chi connectivity index (χ1n) is 9.07. The van der Waals surface area contributed by atoms with E-state index >= 15 is 0 Å². The van der Waals surface area contributed by atoms with E-state index in [0.29, 0.717) is 24.8 Å². The van der Waals surface area contributed by atoms with Gasteiger partial charge in [0.2, 0.25) is 5.91 Å². The number of carbonyl (C=O) groups excluding carboxylic acids is 1. The Hall–Kier alpha value is -3.30. The minimum absolute atomic E-state index is 0.121. The number of rotatable bonds is 8. The summed E-state index contributed by atoms with van der Waals surface area (Å²) in [6.07, 6.45) is 3.45. The van der Waals surface area contributed by atoms with E-state index in [2.05, 4.69) is 20.7 Å². The van der Waals surface area contributed by atoms with Gasteiger partial charge in [0.05, 0.1) is 24.0 Å². The molecule has 3 heterocycles. The number of aromatic nitrogens is 4. The standard InChI is InChI=1S/C20H20N6O2S/c1-28-8-7-21-18(27)12-26-11-15(10-22-26)23-20-16-4-2-3-5-17(16)24-19(25-20)14-6-9-29-13-14/h2-6,9-11,13H,7-8,12H2,1H3,(H,21,27)(H,23,24,25). The molecule has 29 heavy (non-hydrogen) atoms. The zero-order chi connectivity index (χ0) is 20.1. The first-order valence-corrected chi connectivity index (χ1v) is 10.0. The molecule has 0 spiro atoms. The Balaban J connectivity index is 1.55. The highest BCUT2D eigenvalue weighted by atomic mass is 32.1. The van der Waals surface area contributed by atoms with Gasteiger partial charge in [0.1, 0.15) is 12.4 Å². The van der Waals surface area contributed by atoms with Gasteiger partial charge >= 0.3 is 0 Å². The number of para-hydroxylation sites is 1. The highest BCUT2D eigenvalue weighted by molar-refractivity contribution is 7.08. The number of nitrogens with one attached hydrogen (secondary N) is 2. The van der Waals surface area contributed by atoms with Crippen molar-refractivity contribution in [3.63, 3.8) is 0 Å². The van der Waals surface area contributed by atoms with Gasteiger partial charge in [-0.15, -0.1) is 0 Å². The van der Waals surface area contributed by atoms with Crippen LogP contribution in [0.4, 0.5) is 11.5 Å². The minimum atomic E-state index is -0.121. The van der Waals surface area contributed by atoms with Crippen molar-refractivity contribution in [2.75, 3.05) is 25.6 Å². The second-order valence-corrected chi connectivity index (χ2v) is 7.10. The number of methoxy groups -OCH3 is 1. The monoisotopic (exact) mass is 408 g/mol. The van der Waals surface area contributed by atoms with Crippen LogP contribution < -0.4 is 10.6 Å². The maximum absolute atomic E-state index is 11.9. The van der Waals surface area contributed by atoms with Crippen LogP contribution >= 0.6 is 11.3 Å². The number of ether oxygens (including phenoxy) is 1. The highest BCUT2D eigenvalue weighted by Crippen LogP contribution is 2.27. The third-order valence-electron chi connectivity index (χ3n) is 4.21. The summed E-state index contributed by atoms with van der Waals surface area (Å²) in [5, 5.41) is 15.3. The third-order valence-corrected chi connectivity index (χ3v) is 4.90. The van der Waals surface area contributed by atoms with Gasteiger partial charge in [-0.25, -0.2) is 9.97 Å². The fraction of sp³-hybridized carbons (Fsp3) is 0.200. The van der Waals surface area contributed by atoms with Crippen molar-refractivity contribution in [3.8, 4) is 11.4 Å². The van der Waals surface area contributed by atoms with E-state index in [1.165, 1.54) is 0 Å². The molecule has 0 saturated carbocycles. The fourth-order valence-electron chi connectivity index (χ4n) is 2.84. The van der Waals surface area contributed by atoms with Crippen molar-refractivity contribution < 1.29 is 9.53 Å². The van der Waals surface area contributed by atoms with E-state index < -0.39 is 0 Å². The molecule has 0 radical (unpaired) electrons. The number of benzene rings is 1. The maximum atomic E-state index is 11.9. The molecule has 8 nitrogen and oxygen atoms in total. The average Bonchev–Trinajstić information content (AvgIpc) is 3.40. The van der Waals surface area contributed by atoms with Gasteiger partial charge in [0.25, 0.3) is 0 Å². The summed E-state index contributed by atoms with van der Waals surface area (Å²) >= 11 is 1.61. The van der Waals surface area contributed by atoms with Gasteiger partial charge in [-0.3, -0.25) is 9.48 Å². The van der Waals surface area contributed by atoms with Crippen LogP contribution in [-0.2, 0) is 16.1 Å². The van der Waals surface area contributed by atoms with E-state index in [-0.39, 0.29) is 12.5 Å². The average molecular weight is 408 g/mol. The smallest absolute Gasteiger partial charge is 0.241 e. The molecular formula is C20H20N6O2S. The Morgan fingerprint density at radius 1 is 1.24 bits per heavy atom. The van der Waals surface area contributed by atoms with Gasteiger partial charge in [0, 0.05) is 36.2 Å². The number of amides is 1. The van der Waals surface area contributed by atoms with Crippen molar-refractivity contribution in [1.29, 1.82) is 0 Å². The number of anilines is 2. The molecule has 0 bridgehead atoms. The molecule has 4 aromatic rings. The number of carbonyl (C=O) groups is 1. The summed E-state index contributed by atoms with van der Waals surface area (Å²) in [4.78, 5) is 21.3. The summed E-state index contributed by atoms with van der Waals surface area (Å²) in [7, 11) is 1.60. The fourth-order valence-corrected chi connectivity index (χ4v) is 3.47. The van der Waals surface area contributed by atoms with Gasteiger partial charge in [-0.1, -0.05) is 12.1 Å². The number of nitrogens with zero attached hydrogens (tertiary/aromatic N) is 4. The molecule has 1 aromatic carbocycles. The zero-order valence-corrected chi connectivity index (χ0v) is 16.6. The Kier molecular flexibility index (Phi) is 5.78. The topological polar surface area (TPSA) is 94.0 Å². The SMILES string of the molecule is COCCNC(=O)Cn1cc(Nc2nc(-c3ccsc3)nc3ccccc23)cn1. The molecule has 3 aromatic heterocycles. The number of hydrogen-bond donors (Lipinski definition) is 2. The molecule has 0 fully saturated rings. The Morgan fingerprint density at radius 2 is 2.14 bits per heavy atom. The van der Waals surface area contributed by atoms with Crippen LogP contribution in [0, 0.1) is 0 Å². The van der Waals surface area contributed by atoms with E-state index in [0.717, 1.165) is 22.2 Å². The second kappa shape index (κ2) is 8.80. The molecule has 0 unspecified atom stereocenters. The van der Waals surface area contributed by atoms with Crippen LogP contribution in [-0.4, -0.2) is 45.9 Å². The largest absolute Gasteiger partial charge is 0.383 e. The molecule has 9 heteroatoms. The Labute approximate surface area is 171 Å². The molecular weight excluding hydrogens is 388 g/mol. The minimum Gasteiger partial charge on any atom is -0.383 e.